The summed E-state index contributed by atoms with van der Waals surface area (Å²) in [6.45, 7) is 2.51. The summed E-state index contributed by atoms with van der Waals surface area (Å²) in [6.07, 6.45) is 0. The zero-order valence-electron chi connectivity index (χ0n) is 6.80. The number of halogens is 1. The first-order valence-corrected chi connectivity index (χ1v) is 4.15. The molecule has 1 amide bonds. The molecule has 0 aliphatic carbocycles. The molecule has 72 valence electrons. The van der Waals surface area contributed by atoms with Crippen LogP contribution in [0, 0.1) is 0 Å². The van der Waals surface area contributed by atoms with Crippen molar-refractivity contribution in [1.82, 2.24) is 5.32 Å². The lowest BCUT2D eigenvalue weighted by atomic mass is 10.2. The molecular formula is C10H14ClNO. The first-order valence-electron chi connectivity index (χ1n) is 3.78. The van der Waals surface area contributed by atoms with E-state index in [0.29, 0.717) is 17.1 Å². The highest BCUT2D eigenvalue weighted by atomic mass is 35.5. The van der Waals surface area contributed by atoms with Gasteiger partial charge in [0.05, 0.1) is 0 Å². The van der Waals surface area contributed by atoms with Crippen molar-refractivity contribution >= 4 is 17.5 Å². The van der Waals surface area contributed by atoms with E-state index in [1.165, 1.54) is 0 Å². The molecule has 13 heavy (non-hydrogen) atoms. The van der Waals surface area contributed by atoms with Crippen molar-refractivity contribution in [2.24, 2.45) is 0 Å². The van der Waals surface area contributed by atoms with Gasteiger partial charge in [0.1, 0.15) is 0 Å². The Bertz CT molecular complexity index is 286. The van der Waals surface area contributed by atoms with E-state index in [2.05, 4.69) is 5.32 Å². The number of hydrogen-bond donors (Lipinski definition) is 1. The monoisotopic (exact) mass is 199 g/mol. The number of nitrogens with one attached hydrogen (secondary N) is 1. The minimum absolute atomic E-state index is 0. The van der Waals surface area contributed by atoms with Crippen LogP contribution in [0.4, 0.5) is 0 Å². The van der Waals surface area contributed by atoms with E-state index in [1.54, 1.807) is 24.3 Å². The smallest absolute Gasteiger partial charge is 0.251 e. The molecule has 0 unspecified atom stereocenters. The molecule has 3 heteroatoms. The second-order valence-electron chi connectivity index (χ2n) is 2.37. The van der Waals surface area contributed by atoms with Gasteiger partial charge in [-0.25, -0.2) is 0 Å². The second kappa shape index (κ2) is 5.60. The quantitative estimate of drug-likeness (QED) is 0.780. The van der Waals surface area contributed by atoms with Crippen LogP contribution in [-0.2, 0) is 0 Å². The molecule has 0 aromatic heterocycles. The molecule has 0 aliphatic heterocycles. The van der Waals surface area contributed by atoms with Gasteiger partial charge in [0.2, 0.25) is 0 Å². The van der Waals surface area contributed by atoms with Crippen molar-refractivity contribution in [3.8, 4) is 0 Å². The van der Waals surface area contributed by atoms with Gasteiger partial charge in [0, 0.05) is 17.1 Å². The molecular weight excluding hydrogens is 186 g/mol. The first kappa shape index (κ1) is 12.0. The molecule has 0 saturated heterocycles. The highest BCUT2D eigenvalue weighted by Crippen LogP contribution is 2.10. The largest absolute Gasteiger partial charge is 0.352 e. The second-order valence-corrected chi connectivity index (χ2v) is 2.81. The van der Waals surface area contributed by atoms with Crippen LogP contribution in [0.25, 0.3) is 0 Å². The molecule has 0 aliphatic rings. The number of hydrogen-bond acceptors (Lipinski definition) is 1. The summed E-state index contributed by atoms with van der Waals surface area (Å²) in [5.74, 6) is -0.0833. The minimum atomic E-state index is -0.0833. The van der Waals surface area contributed by atoms with Gasteiger partial charge in [-0.3, -0.25) is 4.79 Å². The van der Waals surface area contributed by atoms with Crippen LogP contribution < -0.4 is 5.32 Å². The molecule has 0 atom stereocenters. The summed E-state index contributed by atoms with van der Waals surface area (Å²) in [4.78, 5) is 11.2. The molecule has 0 spiro atoms. The highest BCUT2D eigenvalue weighted by Gasteiger charge is 2.02. The summed E-state index contributed by atoms with van der Waals surface area (Å²) in [5, 5.41) is 3.27. The van der Waals surface area contributed by atoms with Gasteiger partial charge >= 0.3 is 0 Å². The highest BCUT2D eigenvalue weighted by molar-refractivity contribution is 6.30. The Hall–Kier alpha value is -1.02. The molecule has 1 rings (SSSR count). The zero-order chi connectivity index (χ0) is 8.97. The third-order valence-electron chi connectivity index (χ3n) is 1.42. The fourth-order valence-corrected chi connectivity index (χ4v) is 1.08. The molecule has 2 nitrogen and oxygen atoms in total. The summed E-state index contributed by atoms with van der Waals surface area (Å²) in [7, 11) is 0. The van der Waals surface area contributed by atoms with Gasteiger partial charge in [0.25, 0.3) is 5.91 Å². The van der Waals surface area contributed by atoms with Gasteiger partial charge in [-0.15, -0.1) is 0 Å². The minimum Gasteiger partial charge on any atom is -0.352 e. The normalized spacial score (nSPS) is 8.77. The van der Waals surface area contributed by atoms with Crippen molar-refractivity contribution in [1.29, 1.82) is 0 Å². The van der Waals surface area contributed by atoms with Crippen molar-refractivity contribution in [3.63, 3.8) is 0 Å². The molecule has 1 aromatic carbocycles. The van der Waals surface area contributed by atoms with E-state index in [1.807, 2.05) is 6.92 Å². The summed E-state index contributed by atoms with van der Waals surface area (Å²) >= 11 is 5.71. The van der Waals surface area contributed by atoms with Crippen molar-refractivity contribution in [2.45, 2.75) is 14.4 Å². The van der Waals surface area contributed by atoms with Crippen LogP contribution in [-0.4, -0.2) is 12.5 Å². The molecule has 0 radical (unpaired) electrons. The van der Waals surface area contributed by atoms with Gasteiger partial charge in [-0.1, -0.05) is 25.1 Å². The topological polar surface area (TPSA) is 29.1 Å². The van der Waals surface area contributed by atoms with E-state index < -0.39 is 0 Å². The number of rotatable bonds is 2. The van der Waals surface area contributed by atoms with Gasteiger partial charge in [0.15, 0.2) is 0 Å². The lowest BCUT2D eigenvalue weighted by molar-refractivity contribution is 0.0956. The fraction of sp³-hybridized carbons (Fsp3) is 0.300. The Labute approximate surface area is 83.9 Å². The van der Waals surface area contributed by atoms with E-state index in [-0.39, 0.29) is 13.3 Å². The standard InChI is InChI=1S/C9H10ClNO.CH4/c1-2-11-9(12)7-4-3-5-8(10)6-7;/h3-6H,2H2,1H3,(H,11,12);1H4. The Kier molecular flexibility index (Phi) is 5.16. The average Bonchev–Trinajstić information content (AvgIpc) is 2.05. The van der Waals surface area contributed by atoms with Crippen molar-refractivity contribution < 1.29 is 4.79 Å². The Morgan fingerprint density at radius 2 is 2.23 bits per heavy atom. The summed E-state index contributed by atoms with van der Waals surface area (Å²) in [6, 6.07) is 6.88. The third-order valence-corrected chi connectivity index (χ3v) is 1.66. The van der Waals surface area contributed by atoms with E-state index in [0.717, 1.165) is 0 Å². The number of benzene rings is 1. The van der Waals surface area contributed by atoms with Crippen molar-refractivity contribution in [3.05, 3.63) is 34.9 Å². The Morgan fingerprint density at radius 1 is 1.54 bits per heavy atom. The molecule has 1 N–H and O–H groups in total. The maximum absolute atomic E-state index is 11.2. The first-order chi connectivity index (χ1) is 5.74. The maximum Gasteiger partial charge on any atom is 0.251 e. The van der Waals surface area contributed by atoms with Crippen LogP contribution in [0.3, 0.4) is 0 Å². The number of amides is 1. The van der Waals surface area contributed by atoms with E-state index in [4.69, 9.17) is 11.6 Å². The lowest BCUT2D eigenvalue weighted by Gasteiger charge is -2.01. The van der Waals surface area contributed by atoms with Crippen molar-refractivity contribution in [2.75, 3.05) is 6.54 Å². The predicted octanol–water partition coefficient (Wildman–Crippen LogP) is 2.73. The predicted molar refractivity (Wildman–Crippen MR) is 56.2 cm³/mol. The van der Waals surface area contributed by atoms with E-state index >= 15 is 0 Å². The SMILES string of the molecule is C.CCNC(=O)c1cccc(Cl)c1. The van der Waals surface area contributed by atoms with Gasteiger partial charge in [-0.05, 0) is 25.1 Å². The molecule has 0 heterocycles. The third kappa shape index (κ3) is 3.47. The van der Waals surface area contributed by atoms with Crippen LogP contribution in [0.1, 0.15) is 24.7 Å². The fourth-order valence-electron chi connectivity index (χ4n) is 0.892. The molecule has 0 saturated carbocycles. The molecule has 0 fully saturated rings. The average molecular weight is 200 g/mol. The van der Waals surface area contributed by atoms with Crippen LogP contribution in [0.2, 0.25) is 5.02 Å². The number of carbonyl (C=O) groups is 1. The summed E-state index contributed by atoms with van der Waals surface area (Å²) < 4.78 is 0. The maximum atomic E-state index is 11.2. The summed E-state index contributed by atoms with van der Waals surface area (Å²) in [5.41, 5.74) is 0.601. The Balaban J connectivity index is 0.00000144. The van der Waals surface area contributed by atoms with Crippen LogP contribution in [0.15, 0.2) is 24.3 Å². The number of carbonyl (C=O) groups excluding carboxylic acids is 1. The molecule has 0 bridgehead atoms. The van der Waals surface area contributed by atoms with Gasteiger partial charge in [-0.2, -0.15) is 0 Å². The van der Waals surface area contributed by atoms with Crippen LogP contribution >= 0.6 is 11.6 Å². The lowest BCUT2D eigenvalue weighted by Crippen LogP contribution is -2.22. The zero-order valence-corrected chi connectivity index (χ0v) is 7.56. The Morgan fingerprint density at radius 3 is 2.77 bits per heavy atom. The molecule has 1 aromatic rings. The van der Waals surface area contributed by atoms with Gasteiger partial charge < -0.3 is 5.32 Å². The van der Waals surface area contributed by atoms with Crippen LogP contribution in [0.5, 0.6) is 0 Å². The van der Waals surface area contributed by atoms with E-state index in [9.17, 15) is 4.79 Å².